The summed E-state index contributed by atoms with van der Waals surface area (Å²) in [7, 11) is 0.269. The third-order valence-corrected chi connectivity index (χ3v) is 8.47. The van der Waals surface area contributed by atoms with Crippen molar-refractivity contribution in [3.05, 3.63) is 0 Å². The van der Waals surface area contributed by atoms with Gasteiger partial charge in [0.2, 0.25) is 0 Å². The Kier molecular flexibility index (Phi) is 5.30. The minimum atomic E-state index is 0.269. The number of hydrogen-bond acceptors (Lipinski definition) is 1. The molecule has 0 amide bonds. The minimum absolute atomic E-state index is 0.269. The molecule has 2 rings (SSSR count). The van der Waals surface area contributed by atoms with Crippen LogP contribution in [0.4, 0.5) is 0 Å². The molecule has 2 aliphatic carbocycles. The molecule has 0 radical (unpaired) electrons. The van der Waals surface area contributed by atoms with Crippen LogP contribution in [0.3, 0.4) is 0 Å². The second-order valence-corrected chi connectivity index (χ2v) is 8.86. The summed E-state index contributed by atoms with van der Waals surface area (Å²) in [5.74, 6) is 0. The third kappa shape index (κ3) is 3.37. The van der Waals surface area contributed by atoms with Crippen molar-refractivity contribution in [1.82, 2.24) is 0 Å². The van der Waals surface area contributed by atoms with Crippen molar-refractivity contribution in [3.63, 3.8) is 0 Å². The van der Waals surface area contributed by atoms with Crippen LogP contribution in [0.2, 0.25) is 0 Å². The Labute approximate surface area is 102 Å². The molecule has 88 valence electrons. The smallest absolute Gasteiger partial charge is 0.0111 e. The first-order valence-corrected chi connectivity index (χ1v) is 9.08. The van der Waals surface area contributed by atoms with Gasteiger partial charge in [-0.25, -0.2) is 0 Å². The zero-order valence-corrected chi connectivity index (χ0v) is 11.6. The fourth-order valence-electron chi connectivity index (χ4n) is 3.35. The van der Waals surface area contributed by atoms with E-state index in [1.54, 1.807) is 0 Å². The van der Waals surface area contributed by atoms with Gasteiger partial charge in [0.05, 0.1) is 0 Å². The molecular weight excluding hydrogens is 219 g/mol. The lowest BCUT2D eigenvalue weighted by Crippen LogP contribution is -2.20. The molecule has 2 saturated carbocycles. The minimum Gasteiger partial charge on any atom is -0.175 e. The maximum absolute atomic E-state index is 4.66. The highest BCUT2D eigenvalue weighted by molar-refractivity contribution is 7.89. The summed E-state index contributed by atoms with van der Waals surface area (Å²) < 4.78 is 0. The topological polar surface area (TPSA) is 0 Å². The molecule has 0 saturated heterocycles. The lowest BCUT2D eigenvalue weighted by molar-refractivity contribution is 0.485. The van der Waals surface area contributed by atoms with Crippen LogP contribution in [-0.4, -0.2) is 16.8 Å². The zero-order valence-electron chi connectivity index (χ0n) is 9.83. The van der Waals surface area contributed by atoms with E-state index in [-0.39, 0.29) is 7.92 Å². The van der Waals surface area contributed by atoms with Crippen molar-refractivity contribution in [3.8, 4) is 0 Å². The Hall–Kier alpha value is 0.780. The van der Waals surface area contributed by atoms with Gasteiger partial charge in [-0.3, -0.25) is 0 Å². The van der Waals surface area contributed by atoms with Crippen molar-refractivity contribution < 1.29 is 0 Å². The first-order valence-electron chi connectivity index (χ1n) is 6.78. The van der Waals surface area contributed by atoms with Crippen LogP contribution in [-0.2, 0) is 0 Å². The highest BCUT2D eigenvalue weighted by Crippen LogP contribution is 2.55. The van der Waals surface area contributed by atoms with Gasteiger partial charge in [0, 0.05) is 5.49 Å². The van der Waals surface area contributed by atoms with Gasteiger partial charge in [0.1, 0.15) is 0 Å². The molecule has 0 aliphatic heterocycles. The van der Waals surface area contributed by atoms with E-state index in [0.29, 0.717) is 0 Å². The van der Waals surface area contributed by atoms with Crippen molar-refractivity contribution in [2.45, 2.75) is 75.5 Å². The summed E-state index contributed by atoms with van der Waals surface area (Å²) in [5.41, 5.74) is 3.40. The Morgan fingerprint density at radius 3 is 1.47 bits per heavy atom. The molecule has 15 heavy (non-hydrogen) atoms. The van der Waals surface area contributed by atoms with E-state index in [2.05, 4.69) is 12.6 Å². The van der Waals surface area contributed by atoms with Crippen molar-refractivity contribution >= 4 is 20.6 Å². The van der Waals surface area contributed by atoms with Crippen LogP contribution in [0.15, 0.2) is 0 Å². The van der Waals surface area contributed by atoms with Gasteiger partial charge >= 0.3 is 0 Å². The average molecular weight is 244 g/mol. The third-order valence-electron chi connectivity index (χ3n) is 4.25. The van der Waals surface area contributed by atoms with Gasteiger partial charge in [0.25, 0.3) is 0 Å². The quantitative estimate of drug-likeness (QED) is 0.523. The maximum Gasteiger partial charge on any atom is 0.0111 e. The highest BCUT2D eigenvalue weighted by atomic mass is 32.1. The van der Waals surface area contributed by atoms with Gasteiger partial charge < -0.3 is 0 Å². The number of hydrogen-bond donors (Lipinski definition) is 1. The summed E-state index contributed by atoms with van der Waals surface area (Å²) >= 11 is 4.66. The van der Waals surface area contributed by atoms with E-state index < -0.39 is 0 Å². The van der Waals surface area contributed by atoms with Crippen LogP contribution < -0.4 is 0 Å². The second-order valence-electron chi connectivity index (χ2n) is 5.24. The molecule has 0 nitrogen and oxygen atoms in total. The Morgan fingerprint density at radius 1 is 0.733 bits per heavy atom. The van der Waals surface area contributed by atoms with Crippen molar-refractivity contribution in [1.29, 1.82) is 0 Å². The zero-order chi connectivity index (χ0) is 10.5. The first-order chi connectivity index (χ1) is 7.42. The summed E-state index contributed by atoms with van der Waals surface area (Å²) in [6, 6.07) is 0. The fourth-order valence-corrected chi connectivity index (χ4v) is 7.86. The predicted molar refractivity (Wildman–Crippen MR) is 74.5 cm³/mol. The molecule has 0 aromatic rings. The lowest BCUT2D eigenvalue weighted by atomic mass is 9.99. The Bertz CT molecular complexity index is 153. The standard InChI is InChI=1S/C13H25PS/c15-11-14(12-7-3-1-4-8-12)13-9-5-2-6-10-13/h12-13,15H,1-11H2. The molecule has 0 unspecified atom stereocenters. The predicted octanol–water partition coefficient (Wildman–Crippen LogP) is 5.02. The SMILES string of the molecule is SCP(C1CCCCC1)C1CCCCC1. The van der Waals surface area contributed by atoms with E-state index >= 15 is 0 Å². The summed E-state index contributed by atoms with van der Waals surface area (Å²) in [5, 5.41) is 0. The van der Waals surface area contributed by atoms with Crippen LogP contribution in [0.5, 0.6) is 0 Å². The molecule has 0 bridgehead atoms. The Balaban J connectivity index is 1.88. The Morgan fingerprint density at radius 2 is 1.13 bits per heavy atom. The van der Waals surface area contributed by atoms with Gasteiger partial charge in [-0.2, -0.15) is 12.6 Å². The fraction of sp³-hybridized carbons (Fsp3) is 1.00. The molecule has 0 aromatic heterocycles. The summed E-state index contributed by atoms with van der Waals surface area (Å²) in [6.45, 7) is 0. The summed E-state index contributed by atoms with van der Waals surface area (Å²) in [4.78, 5) is 0. The maximum atomic E-state index is 4.66. The van der Waals surface area contributed by atoms with E-state index in [1.807, 2.05) is 0 Å². The van der Waals surface area contributed by atoms with Gasteiger partial charge in [-0.15, -0.1) is 0 Å². The van der Waals surface area contributed by atoms with E-state index in [4.69, 9.17) is 0 Å². The van der Waals surface area contributed by atoms with Gasteiger partial charge in [0.15, 0.2) is 0 Å². The van der Waals surface area contributed by atoms with Gasteiger partial charge in [-0.1, -0.05) is 46.4 Å². The van der Waals surface area contributed by atoms with E-state index in [9.17, 15) is 0 Å². The molecular formula is C13H25PS. The second kappa shape index (κ2) is 6.50. The van der Waals surface area contributed by atoms with Crippen LogP contribution in [0.25, 0.3) is 0 Å². The first kappa shape index (κ1) is 12.2. The normalized spacial score (nSPS) is 26.0. The molecule has 0 spiro atoms. The van der Waals surface area contributed by atoms with Crippen molar-refractivity contribution in [2.75, 3.05) is 5.49 Å². The van der Waals surface area contributed by atoms with E-state index in [1.165, 1.54) is 69.7 Å². The largest absolute Gasteiger partial charge is 0.175 e. The lowest BCUT2D eigenvalue weighted by Gasteiger charge is -2.37. The number of thiol groups is 1. The molecule has 2 fully saturated rings. The number of rotatable bonds is 3. The molecule has 0 N–H and O–H groups in total. The monoisotopic (exact) mass is 244 g/mol. The highest BCUT2D eigenvalue weighted by Gasteiger charge is 2.29. The molecule has 2 aliphatic rings. The van der Waals surface area contributed by atoms with E-state index in [0.717, 1.165) is 11.3 Å². The van der Waals surface area contributed by atoms with Crippen LogP contribution >= 0.6 is 20.6 Å². The molecule has 0 atom stereocenters. The average Bonchev–Trinajstić information content (AvgIpc) is 2.33. The van der Waals surface area contributed by atoms with Gasteiger partial charge in [-0.05, 0) is 37.0 Å². The molecule has 2 heteroatoms. The van der Waals surface area contributed by atoms with Crippen molar-refractivity contribution in [2.24, 2.45) is 0 Å². The molecule has 0 heterocycles. The van der Waals surface area contributed by atoms with Crippen LogP contribution in [0, 0.1) is 0 Å². The summed E-state index contributed by atoms with van der Waals surface area (Å²) in [6.07, 6.45) is 15.1. The molecule has 0 aromatic carbocycles. The van der Waals surface area contributed by atoms with Crippen LogP contribution in [0.1, 0.15) is 64.2 Å².